The van der Waals surface area contributed by atoms with Gasteiger partial charge in [0.2, 0.25) is 10.6 Å². The van der Waals surface area contributed by atoms with E-state index in [1.807, 2.05) is 6.92 Å². The maximum absolute atomic E-state index is 12.4. The molecule has 118 valence electrons. The van der Waals surface area contributed by atoms with Gasteiger partial charge in [-0.2, -0.15) is 0 Å². The number of aryl methyl sites for hydroxylation is 1. The molecule has 1 aromatic carbocycles. The van der Waals surface area contributed by atoms with Gasteiger partial charge in [0.15, 0.2) is 0 Å². The Morgan fingerprint density at radius 2 is 2.22 bits per heavy atom. The molecule has 0 aliphatic carbocycles. The monoisotopic (exact) mass is 348 g/mol. The van der Waals surface area contributed by atoms with E-state index < -0.39 is 5.91 Å². The Hall–Kier alpha value is -2.25. The first-order valence-corrected chi connectivity index (χ1v) is 8.22. The van der Waals surface area contributed by atoms with Crippen molar-refractivity contribution >= 4 is 44.9 Å². The molecular weight excluding hydrogens is 336 g/mol. The number of carbonyl (C=O) groups is 1. The van der Waals surface area contributed by atoms with Crippen molar-refractivity contribution in [1.29, 1.82) is 0 Å². The van der Waals surface area contributed by atoms with Crippen molar-refractivity contribution in [2.24, 2.45) is 0 Å². The molecule has 6 nitrogen and oxygen atoms in total. The minimum Gasteiger partial charge on any atom is -0.360 e. The first kappa shape index (κ1) is 15.6. The molecule has 0 spiro atoms. The van der Waals surface area contributed by atoms with E-state index in [-0.39, 0.29) is 11.0 Å². The van der Waals surface area contributed by atoms with E-state index in [9.17, 15) is 9.59 Å². The molecule has 23 heavy (non-hydrogen) atoms. The number of rotatable bonds is 4. The number of hydrogen-bond donors (Lipinski definition) is 2. The van der Waals surface area contributed by atoms with Crippen molar-refractivity contribution in [1.82, 2.24) is 15.2 Å². The highest BCUT2D eigenvalue weighted by Gasteiger charge is 2.15. The average Bonchev–Trinajstić information content (AvgIpc) is 2.95. The number of H-pyrrole nitrogens is 1. The van der Waals surface area contributed by atoms with E-state index in [4.69, 9.17) is 11.6 Å². The maximum Gasteiger partial charge on any atom is 0.262 e. The van der Waals surface area contributed by atoms with Gasteiger partial charge in [-0.1, -0.05) is 29.9 Å². The molecule has 0 aliphatic rings. The third-order valence-corrected chi connectivity index (χ3v) is 4.37. The molecular formula is C15H13ClN4O2S. The van der Waals surface area contributed by atoms with E-state index >= 15 is 0 Å². The Labute approximate surface area is 140 Å². The van der Waals surface area contributed by atoms with Crippen LogP contribution in [0.5, 0.6) is 0 Å². The topological polar surface area (TPSA) is 87.7 Å². The molecule has 2 aromatic heterocycles. The molecule has 0 saturated heterocycles. The van der Waals surface area contributed by atoms with Crippen LogP contribution in [0, 0.1) is 0 Å². The van der Waals surface area contributed by atoms with Crippen molar-refractivity contribution < 1.29 is 4.79 Å². The van der Waals surface area contributed by atoms with Gasteiger partial charge in [0, 0.05) is 23.0 Å². The number of aromatic nitrogens is 3. The molecule has 8 heteroatoms. The number of aromatic amines is 1. The predicted molar refractivity (Wildman–Crippen MR) is 91.4 cm³/mol. The van der Waals surface area contributed by atoms with Crippen LogP contribution in [0.25, 0.3) is 10.9 Å². The fourth-order valence-electron chi connectivity index (χ4n) is 2.15. The van der Waals surface area contributed by atoms with E-state index in [0.717, 1.165) is 17.8 Å². The van der Waals surface area contributed by atoms with Crippen LogP contribution in [0.1, 0.15) is 28.7 Å². The Morgan fingerprint density at radius 1 is 1.39 bits per heavy atom. The Bertz CT molecular complexity index is 935. The number of pyridine rings is 1. The van der Waals surface area contributed by atoms with E-state index in [1.54, 1.807) is 18.2 Å². The number of halogens is 1. The molecule has 0 radical (unpaired) electrons. The summed E-state index contributed by atoms with van der Waals surface area (Å²) < 4.78 is 0. The zero-order valence-electron chi connectivity index (χ0n) is 12.2. The molecule has 3 rings (SSSR count). The number of anilines is 1. The van der Waals surface area contributed by atoms with Gasteiger partial charge in [0.05, 0.1) is 5.52 Å². The SMILES string of the molecule is CCCc1nnc(NC(=O)c2c[nH]c3cc(Cl)ccc3c2=O)s1. The molecule has 0 bridgehead atoms. The van der Waals surface area contributed by atoms with Crippen LogP contribution < -0.4 is 10.7 Å². The fraction of sp³-hybridized carbons (Fsp3) is 0.200. The standard InChI is InChI=1S/C15H13ClN4O2S/c1-2-3-12-19-20-15(23-12)18-14(22)10-7-17-11-6-8(16)4-5-9(11)13(10)21/h4-7H,2-3H2,1H3,(H,17,21)(H,18,20,22). The molecule has 0 atom stereocenters. The molecule has 1 amide bonds. The zero-order chi connectivity index (χ0) is 16.4. The van der Waals surface area contributed by atoms with Crippen molar-refractivity contribution in [2.75, 3.05) is 5.32 Å². The molecule has 0 aliphatic heterocycles. The van der Waals surface area contributed by atoms with Crippen LogP contribution in [-0.4, -0.2) is 21.1 Å². The van der Waals surface area contributed by atoms with Gasteiger partial charge in [-0.3, -0.25) is 14.9 Å². The first-order chi connectivity index (χ1) is 11.1. The second kappa shape index (κ2) is 6.47. The number of nitrogens with zero attached hydrogens (tertiary/aromatic N) is 2. The summed E-state index contributed by atoms with van der Waals surface area (Å²) in [7, 11) is 0. The molecule has 2 heterocycles. The zero-order valence-corrected chi connectivity index (χ0v) is 13.8. The quantitative estimate of drug-likeness (QED) is 0.757. The fourth-order valence-corrected chi connectivity index (χ4v) is 3.16. The first-order valence-electron chi connectivity index (χ1n) is 7.03. The molecule has 3 aromatic rings. The summed E-state index contributed by atoms with van der Waals surface area (Å²) in [5, 5.41) is 12.7. The molecule has 2 N–H and O–H groups in total. The summed E-state index contributed by atoms with van der Waals surface area (Å²) in [6, 6.07) is 4.85. The lowest BCUT2D eigenvalue weighted by molar-refractivity contribution is 0.102. The van der Waals surface area contributed by atoms with Crippen molar-refractivity contribution in [3.05, 3.63) is 50.2 Å². The third kappa shape index (κ3) is 3.25. The minimum absolute atomic E-state index is 0.0204. The van der Waals surface area contributed by atoms with Gasteiger partial charge in [-0.15, -0.1) is 10.2 Å². The lowest BCUT2D eigenvalue weighted by Crippen LogP contribution is -2.21. The number of amides is 1. The van der Waals surface area contributed by atoms with Crippen LogP contribution >= 0.6 is 22.9 Å². The largest absolute Gasteiger partial charge is 0.360 e. The molecule has 0 fully saturated rings. The van der Waals surface area contributed by atoms with Gasteiger partial charge < -0.3 is 4.98 Å². The van der Waals surface area contributed by atoms with Crippen LogP contribution in [-0.2, 0) is 6.42 Å². The van der Waals surface area contributed by atoms with Crippen LogP contribution in [0.3, 0.4) is 0 Å². The predicted octanol–water partition coefficient (Wildman–Crippen LogP) is 3.24. The summed E-state index contributed by atoms with van der Waals surface area (Å²) >= 11 is 7.20. The van der Waals surface area contributed by atoms with Gasteiger partial charge >= 0.3 is 0 Å². The van der Waals surface area contributed by atoms with Gasteiger partial charge in [0.25, 0.3) is 5.91 Å². The Kier molecular flexibility index (Phi) is 4.40. The summed E-state index contributed by atoms with van der Waals surface area (Å²) in [6.45, 7) is 2.04. The van der Waals surface area contributed by atoms with Crippen LogP contribution in [0.4, 0.5) is 5.13 Å². The maximum atomic E-state index is 12.4. The van der Waals surface area contributed by atoms with E-state index in [1.165, 1.54) is 17.5 Å². The van der Waals surface area contributed by atoms with Crippen LogP contribution in [0.2, 0.25) is 5.02 Å². The van der Waals surface area contributed by atoms with Gasteiger partial charge in [-0.25, -0.2) is 0 Å². The number of fused-ring (bicyclic) bond motifs is 1. The van der Waals surface area contributed by atoms with Crippen molar-refractivity contribution in [3.63, 3.8) is 0 Å². The normalized spacial score (nSPS) is 10.9. The van der Waals surface area contributed by atoms with Crippen LogP contribution in [0.15, 0.2) is 29.2 Å². The number of hydrogen-bond acceptors (Lipinski definition) is 5. The van der Waals surface area contributed by atoms with Crippen molar-refractivity contribution in [2.45, 2.75) is 19.8 Å². The van der Waals surface area contributed by atoms with Gasteiger partial charge in [0.1, 0.15) is 10.6 Å². The lowest BCUT2D eigenvalue weighted by atomic mass is 10.1. The lowest BCUT2D eigenvalue weighted by Gasteiger charge is -2.03. The minimum atomic E-state index is -0.512. The summed E-state index contributed by atoms with van der Waals surface area (Å²) in [4.78, 5) is 27.6. The summed E-state index contributed by atoms with van der Waals surface area (Å²) in [5.74, 6) is -0.512. The average molecular weight is 349 g/mol. The Balaban J connectivity index is 1.89. The second-order valence-corrected chi connectivity index (χ2v) is 6.42. The van der Waals surface area contributed by atoms with E-state index in [0.29, 0.717) is 21.1 Å². The number of nitrogens with one attached hydrogen (secondary N) is 2. The highest BCUT2D eigenvalue weighted by atomic mass is 35.5. The number of carbonyl (C=O) groups excluding carboxylic acids is 1. The smallest absolute Gasteiger partial charge is 0.262 e. The number of benzene rings is 1. The Morgan fingerprint density at radius 3 is 3.00 bits per heavy atom. The highest BCUT2D eigenvalue weighted by Crippen LogP contribution is 2.18. The second-order valence-electron chi connectivity index (χ2n) is 4.93. The third-order valence-electron chi connectivity index (χ3n) is 3.24. The van der Waals surface area contributed by atoms with Crippen molar-refractivity contribution in [3.8, 4) is 0 Å². The summed E-state index contributed by atoms with van der Waals surface area (Å²) in [6.07, 6.45) is 3.14. The summed E-state index contributed by atoms with van der Waals surface area (Å²) in [5.41, 5.74) is 0.249. The molecule has 0 saturated carbocycles. The highest BCUT2D eigenvalue weighted by molar-refractivity contribution is 7.15. The van der Waals surface area contributed by atoms with Gasteiger partial charge in [-0.05, 0) is 24.6 Å². The molecule has 0 unspecified atom stereocenters. The van der Waals surface area contributed by atoms with E-state index in [2.05, 4.69) is 20.5 Å².